The smallest absolute Gasteiger partial charge is 0.321 e. The molecule has 0 spiro atoms. The van der Waals surface area contributed by atoms with Crippen molar-refractivity contribution in [1.29, 1.82) is 0 Å². The summed E-state index contributed by atoms with van der Waals surface area (Å²) in [5, 5.41) is 8.73. The molecule has 1 aromatic carbocycles. The van der Waals surface area contributed by atoms with Gasteiger partial charge in [-0.3, -0.25) is 14.5 Å². The number of piperazine rings is 1. The predicted octanol–water partition coefficient (Wildman–Crippen LogP) is 2.36. The van der Waals surface area contributed by atoms with Gasteiger partial charge >= 0.3 is 6.03 Å². The van der Waals surface area contributed by atoms with Crippen LogP contribution in [0, 0.1) is 0 Å². The minimum absolute atomic E-state index is 0.0123. The van der Waals surface area contributed by atoms with Crippen LogP contribution in [0.5, 0.6) is 0 Å². The molecule has 8 nitrogen and oxygen atoms in total. The zero-order valence-electron chi connectivity index (χ0n) is 16.5. The summed E-state index contributed by atoms with van der Waals surface area (Å²) >= 11 is 6.19. The van der Waals surface area contributed by atoms with E-state index in [1.807, 2.05) is 18.7 Å². The summed E-state index contributed by atoms with van der Waals surface area (Å²) in [7, 11) is 0. The first kappa shape index (κ1) is 22.0. The van der Waals surface area contributed by atoms with Crippen LogP contribution in [-0.2, 0) is 9.59 Å². The second-order valence-corrected chi connectivity index (χ2v) is 7.35. The lowest BCUT2D eigenvalue weighted by Crippen LogP contribution is -2.52. The summed E-state index contributed by atoms with van der Waals surface area (Å²) in [6.07, 6.45) is 0.897. The summed E-state index contributed by atoms with van der Waals surface area (Å²) in [5.41, 5.74) is 1.05. The predicted molar refractivity (Wildman–Crippen MR) is 111 cm³/mol. The lowest BCUT2D eigenvalue weighted by molar-refractivity contribution is -0.123. The Morgan fingerprint density at radius 3 is 2.39 bits per heavy atom. The van der Waals surface area contributed by atoms with E-state index < -0.39 is 0 Å². The molecule has 2 rings (SSSR count). The summed E-state index contributed by atoms with van der Waals surface area (Å²) in [4.78, 5) is 39.3. The number of hydrogen-bond acceptors (Lipinski definition) is 4. The first-order chi connectivity index (χ1) is 13.3. The minimum atomic E-state index is -0.238. The second kappa shape index (κ2) is 10.3. The van der Waals surface area contributed by atoms with Crippen molar-refractivity contribution >= 4 is 40.8 Å². The van der Waals surface area contributed by atoms with E-state index in [-0.39, 0.29) is 23.9 Å². The molecule has 1 saturated heterocycles. The number of urea groups is 1. The molecule has 1 heterocycles. The van der Waals surface area contributed by atoms with Gasteiger partial charge in [-0.2, -0.15) is 0 Å². The number of carbonyl (C=O) groups is 3. The summed E-state index contributed by atoms with van der Waals surface area (Å²) in [5.74, 6) is -0.179. The fourth-order valence-electron chi connectivity index (χ4n) is 2.83. The Labute approximate surface area is 170 Å². The lowest BCUT2D eigenvalue weighted by Gasteiger charge is -2.34. The number of halogens is 1. The molecule has 1 unspecified atom stereocenters. The third kappa shape index (κ3) is 6.69. The van der Waals surface area contributed by atoms with Gasteiger partial charge in [-0.15, -0.1) is 0 Å². The Morgan fingerprint density at radius 1 is 1.14 bits per heavy atom. The Balaban J connectivity index is 1.82. The van der Waals surface area contributed by atoms with E-state index in [0.717, 1.165) is 6.42 Å². The Morgan fingerprint density at radius 2 is 1.82 bits per heavy atom. The molecule has 0 radical (unpaired) electrons. The normalized spacial score (nSPS) is 15.6. The highest BCUT2D eigenvalue weighted by atomic mass is 35.5. The van der Waals surface area contributed by atoms with Crippen molar-refractivity contribution in [2.45, 2.75) is 33.2 Å². The van der Waals surface area contributed by atoms with Crippen LogP contribution in [0.3, 0.4) is 0 Å². The second-order valence-electron chi connectivity index (χ2n) is 6.95. The quantitative estimate of drug-likeness (QED) is 0.672. The number of benzene rings is 1. The third-order valence-electron chi connectivity index (χ3n) is 4.58. The van der Waals surface area contributed by atoms with Gasteiger partial charge in [0.05, 0.1) is 17.3 Å². The van der Waals surface area contributed by atoms with Crippen LogP contribution in [0.25, 0.3) is 0 Å². The largest absolute Gasteiger partial charge is 0.353 e. The summed E-state index contributed by atoms with van der Waals surface area (Å²) in [6.45, 7) is 8.10. The van der Waals surface area contributed by atoms with Crippen LogP contribution in [0.4, 0.5) is 16.2 Å². The number of amides is 4. The van der Waals surface area contributed by atoms with Crippen molar-refractivity contribution in [3.05, 3.63) is 23.2 Å². The Kier molecular flexibility index (Phi) is 8.07. The van der Waals surface area contributed by atoms with Gasteiger partial charge in [0.2, 0.25) is 11.8 Å². The van der Waals surface area contributed by atoms with Gasteiger partial charge in [-0.05, 0) is 31.5 Å². The van der Waals surface area contributed by atoms with Crippen molar-refractivity contribution in [3.8, 4) is 0 Å². The minimum Gasteiger partial charge on any atom is -0.353 e. The van der Waals surface area contributed by atoms with Gasteiger partial charge in [0, 0.05) is 44.8 Å². The molecule has 4 amide bonds. The molecule has 0 bridgehead atoms. The molecule has 3 N–H and O–H groups in total. The molecular formula is C19H28ClN5O3. The monoisotopic (exact) mass is 409 g/mol. The van der Waals surface area contributed by atoms with Crippen molar-refractivity contribution in [1.82, 2.24) is 15.1 Å². The van der Waals surface area contributed by atoms with E-state index in [1.54, 1.807) is 23.1 Å². The highest BCUT2D eigenvalue weighted by Gasteiger charge is 2.23. The fraction of sp³-hybridized carbons (Fsp3) is 0.526. The number of hydrogen-bond donors (Lipinski definition) is 3. The number of carbonyl (C=O) groups excluding carboxylic acids is 3. The van der Waals surface area contributed by atoms with Crippen LogP contribution in [0.2, 0.25) is 5.02 Å². The Hall–Kier alpha value is -2.32. The zero-order chi connectivity index (χ0) is 20.7. The first-order valence-electron chi connectivity index (χ1n) is 9.43. The van der Waals surface area contributed by atoms with Crippen molar-refractivity contribution in [2.75, 3.05) is 43.4 Å². The maximum Gasteiger partial charge on any atom is 0.321 e. The van der Waals surface area contributed by atoms with Gasteiger partial charge in [-0.25, -0.2) is 4.79 Å². The molecule has 9 heteroatoms. The van der Waals surface area contributed by atoms with E-state index >= 15 is 0 Å². The first-order valence-corrected chi connectivity index (χ1v) is 9.81. The summed E-state index contributed by atoms with van der Waals surface area (Å²) in [6, 6.07) is 4.85. The molecule has 1 aliphatic rings. The topological polar surface area (TPSA) is 93.8 Å². The number of rotatable bonds is 6. The summed E-state index contributed by atoms with van der Waals surface area (Å²) < 4.78 is 0. The van der Waals surface area contributed by atoms with Gasteiger partial charge in [0.25, 0.3) is 0 Å². The molecule has 1 atom stereocenters. The molecule has 0 saturated carbocycles. The molecule has 0 aliphatic carbocycles. The fourth-order valence-corrected chi connectivity index (χ4v) is 3.05. The van der Waals surface area contributed by atoms with Crippen molar-refractivity contribution < 1.29 is 14.4 Å². The van der Waals surface area contributed by atoms with E-state index in [1.165, 1.54) is 6.92 Å². The van der Waals surface area contributed by atoms with E-state index in [9.17, 15) is 14.4 Å². The van der Waals surface area contributed by atoms with Crippen LogP contribution < -0.4 is 16.0 Å². The SMILES string of the molecule is CCC(C)NC(=O)CN1CCN(C(=O)Nc2ccc(NC(C)=O)cc2Cl)CC1. The molecule has 1 aromatic rings. The molecule has 28 heavy (non-hydrogen) atoms. The highest BCUT2D eigenvalue weighted by Crippen LogP contribution is 2.26. The number of nitrogens with zero attached hydrogens (tertiary/aromatic N) is 2. The van der Waals surface area contributed by atoms with Crippen LogP contribution >= 0.6 is 11.6 Å². The van der Waals surface area contributed by atoms with E-state index in [2.05, 4.69) is 16.0 Å². The number of nitrogens with one attached hydrogen (secondary N) is 3. The van der Waals surface area contributed by atoms with Crippen molar-refractivity contribution in [3.63, 3.8) is 0 Å². The van der Waals surface area contributed by atoms with Gasteiger partial charge < -0.3 is 20.9 Å². The van der Waals surface area contributed by atoms with Crippen LogP contribution in [0.15, 0.2) is 18.2 Å². The van der Waals surface area contributed by atoms with Crippen LogP contribution in [-0.4, -0.2) is 66.4 Å². The number of anilines is 2. The highest BCUT2D eigenvalue weighted by molar-refractivity contribution is 6.34. The van der Waals surface area contributed by atoms with E-state index in [0.29, 0.717) is 49.1 Å². The van der Waals surface area contributed by atoms with Gasteiger partial charge in [0.15, 0.2) is 0 Å². The molecule has 1 aliphatic heterocycles. The maximum absolute atomic E-state index is 12.5. The molecule has 1 fully saturated rings. The van der Waals surface area contributed by atoms with Crippen LogP contribution in [0.1, 0.15) is 27.2 Å². The average Bonchev–Trinajstić information content (AvgIpc) is 2.63. The standard InChI is InChI=1S/C19H28ClN5O3/c1-4-13(2)21-18(27)12-24-7-9-25(10-8-24)19(28)23-17-6-5-15(11-16(17)20)22-14(3)26/h5-6,11,13H,4,7-10,12H2,1-3H3,(H,21,27)(H,22,26)(H,23,28). The van der Waals surface area contributed by atoms with E-state index in [4.69, 9.17) is 11.6 Å². The zero-order valence-corrected chi connectivity index (χ0v) is 17.3. The molecule has 0 aromatic heterocycles. The lowest BCUT2D eigenvalue weighted by atomic mass is 10.2. The molecular weight excluding hydrogens is 382 g/mol. The maximum atomic E-state index is 12.5. The van der Waals surface area contributed by atoms with Gasteiger partial charge in [0.1, 0.15) is 0 Å². The third-order valence-corrected chi connectivity index (χ3v) is 4.89. The Bertz CT molecular complexity index is 720. The average molecular weight is 410 g/mol. The van der Waals surface area contributed by atoms with Crippen molar-refractivity contribution in [2.24, 2.45) is 0 Å². The molecule has 154 valence electrons. The van der Waals surface area contributed by atoms with Gasteiger partial charge in [-0.1, -0.05) is 18.5 Å².